The van der Waals surface area contributed by atoms with E-state index in [-0.39, 0.29) is 78.7 Å². The average Bonchev–Trinajstić information content (AvgIpc) is 1.31. The molecular formula is C60H101N11O14S3. The molecule has 4 aliphatic heterocycles. The van der Waals surface area contributed by atoms with Gasteiger partial charge >= 0.3 is 12.0 Å². The van der Waals surface area contributed by atoms with Gasteiger partial charge < -0.3 is 76.5 Å². The number of carbonyl (C=O) groups is 6. The van der Waals surface area contributed by atoms with Gasteiger partial charge in [0, 0.05) is 102 Å². The van der Waals surface area contributed by atoms with Crippen LogP contribution in [0.3, 0.4) is 0 Å². The van der Waals surface area contributed by atoms with Gasteiger partial charge in [-0.25, -0.2) is 4.79 Å². The van der Waals surface area contributed by atoms with Crippen molar-refractivity contribution in [3.8, 4) is 0 Å². The highest BCUT2D eigenvalue weighted by Gasteiger charge is 2.50. The van der Waals surface area contributed by atoms with E-state index in [1.54, 1.807) is 27.7 Å². The van der Waals surface area contributed by atoms with E-state index < -0.39 is 83.8 Å². The van der Waals surface area contributed by atoms with Crippen molar-refractivity contribution in [2.24, 2.45) is 22.9 Å². The number of hydrogen-bond acceptors (Lipinski definition) is 20. The van der Waals surface area contributed by atoms with Crippen molar-refractivity contribution in [2.45, 2.75) is 222 Å². The lowest BCUT2D eigenvalue weighted by molar-refractivity contribution is -0.299. The number of thioether (sulfide) groups is 1. The van der Waals surface area contributed by atoms with Crippen LogP contribution in [0.15, 0.2) is 29.4 Å². The Morgan fingerprint density at radius 1 is 0.909 bits per heavy atom. The van der Waals surface area contributed by atoms with E-state index in [1.165, 1.54) is 59.7 Å². The number of nitrogens with zero attached hydrogens (tertiary/aromatic N) is 5. The van der Waals surface area contributed by atoms with E-state index >= 15 is 0 Å². The molecule has 4 aliphatic rings. The molecule has 4 unspecified atom stereocenters. The summed E-state index contributed by atoms with van der Waals surface area (Å²) in [7, 11) is 6.67. The van der Waals surface area contributed by atoms with Gasteiger partial charge in [-0.05, 0) is 130 Å². The molecule has 0 saturated carbocycles. The topological polar surface area (TPSA) is 359 Å². The van der Waals surface area contributed by atoms with E-state index in [0.29, 0.717) is 93.7 Å². The van der Waals surface area contributed by atoms with Crippen LogP contribution in [0.5, 0.6) is 0 Å². The predicted molar refractivity (Wildman–Crippen MR) is 341 cm³/mol. The molecule has 4 heterocycles. The normalized spacial score (nSPS) is 32.7. The monoisotopic (exact) mass is 1300 g/mol. The van der Waals surface area contributed by atoms with E-state index in [9.17, 15) is 54.3 Å². The summed E-state index contributed by atoms with van der Waals surface area (Å²) in [4.78, 5) is 84.6. The van der Waals surface area contributed by atoms with Crippen molar-refractivity contribution in [3.63, 3.8) is 0 Å². The summed E-state index contributed by atoms with van der Waals surface area (Å²) in [5, 5.41) is 81.1. The van der Waals surface area contributed by atoms with Crippen LogP contribution in [0.1, 0.15) is 143 Å². The quantitative estimate of drug-likeness (QED) is 0.0100. The molecule has 11 N–H and O–H groups in total. The fraction of sp³-hybridized carbons (Fsp3) is 0.800. The number of ether oxygens (including phenoxy) is 3. The Morgan fingerprint density at radius 2 is 1.59 bits per heavy atom. The second-order valence-electron chi connectivity index (χ2n) is 25.0. The molecular weight excluding hydrogens is 1190 g/mol. The lowest BCUT2D eigenvalue weighted by Crippen LogP contribution is -2.59. The fourth-order valence-corrected chi connectivity index (χ4v) is 15.8. The van der Waals surface area contributed by atoms with Crippen molar-refractivity contribution < 1.29 is 68.5 Å². The first-order valence-corrected chi connectivity index (χ1v) is 34.8. The van der Waals surface area contributed by atoms with Gasteiger partial charge in [0.05, 0.1) is 41.9 Å². The van der Waals surface area contributed by atoms with Crippen LogP contribution in [0, 0.1) is 17.8 Å². The summed E-state index contributed by atoms with van der Waals surface area (Å²) in [5.74, 6) is -2.27. The Hall–Kier alpha value is -4.16. The van der Waals surface area contributed by atoms with Crippen molar-refractivity contribution in [3.05, 3.63) is 40.3 Å². The number of esters is 1. The molecule has 5 rings (SSSR count). The molecule has 18 atom stereocenters. The summed E-state index contributed by atoms with van der Waals surface area (Å²) >= 11 is 1.85. The van der Waals surface area contributed by atoms with Gasteiger partial charge in [0.2, 0.25) is 17.7 Å². The van der Waals surface area contributed by atoms with Gasteiger partial charge in [-0.15, -0.1) is 0 Å². The molecule has 25 nitrogen and oxygen atoms in total. The number of likely N-dealkylation sites (N-methyl/N-ethyl adjacent to an activating group) is 1. The van der Waals surface area contributed by atoms with E-state index in [1.807, 2.05) is 49.5 Å². The molecule has 28 heteroatoms. The minimum atomic E-state index is -1.92. The number of cyclic esters (lactones) is 1. The van der Waals surface area contributed by atoms with Crippen LogP contribution < -0.4 is 31.9 Å². The maximum Gasteiger partial charge on any atom is 0.315 e. The number of carbonyl (C=O) groups excluding carboxylic acids is 6. The SMILES string of the molecule is CC[C@H]1OC(=O)[C@H](C)[C@@H](O)[C@H](C)[C@@H](O[C@@H]2O[C@H](C)C[C@H](N(C)C)[C@H]2O)[C@](C)(O)C[C@@H](C)CN(CCCNC(=O)CCSSCCNC(=O)C(CCCCNC(=O)CCCCC2SCC3NC(=O)NC32)NC(=O)c2ccc(N=[N+]=[N-])cc2)[C@H](C)[C@@H](O)[C@]1(C)O. The molecule has 4 saturated heterocycles. The molecule has 6 amide bonds. The number of urea groups is 1. The second-order valence-corrected chi connectivity index (χ2v) is 29.0. The lowest BCUT2D eigenvalue weighted by atomic mass is 9.78. The van der Waals surface area contributed by atoms with Crippen molar-refractivity contribution in [1.82, 2.24) is 41.7 Å². The lowest BCUT2D eigenvalue weighted by Gasteiger charge is -2.46. The Kier molecular flexibility index (Phi) is 30.7. The van der Waals surface area contributed by atoms with E-state index in [4.69, 9.17) is 19.7 Å². The predicted octanol–water partition coefficient (Wildman–Crippen LogP) is 4.49. The molecule has 0 bridgehead atoms. The number of benzene rings is 1. The van der Waals surface area contributed by atoms with E-state index in [0.717, 1.165) is 25.0 Å². The Bertz CT molecular complexity index is 2450. The first kappa shape index (κ1) is 74.6. The molecule has 0 radical (unpaired) electrons. The smallest absolute Gasteiger partial charge is 0.315 e. The number of aliphatic hydroxyl groups is 5. The number of nitrogens with one attached hydrogen (secondary N) is 6. The van der Waals surface area contributed by atoms with Crippen LogP contribution in [0.2, 0.25) is 0 Å². The molecule has 88 heavy (non-hydrogen) atoms. The largest absolute Gasteiger partial charge is 0.459 e. The molecule has 4 fully saturated rings. The Balaban J connectivity index is 1.08. The number of amides is 6. The summed E-state index contributed by atoms with van der Waals surface area (Å²) in [6.45, 7) is 15.2. The zero-order chi connectivity index (χ0) is 64.9. The van der Waals surface area contributed by atoms with Gasteiger partial charge in [0.1, 0.15) is 30.0 Å². The minimum Gasteiger partial charge on any atom is -0.459 e. The molecule has 0 aromatic heterocycles. The summed E-state index contributed by atoms with van der Waals surface area (Å²) in [6.07, 6.45) is -1.78. The molecule has 0 aliphatic carbocycles. The third kappa shape index (κ3) is 22.3. The maximum absolute atomic E-state index is 13.8. The molecule has 1 aromatic rings. The second kappa shape index (κ2) is 36.2. The van der Waals surface area contributed by atoms with Gasteiger partial charge in [0.25, 0.3) is 5.91 Å². The number of azide groups is 1. The molecule has 498 valence electrons. The highest BCUT2D eigenvalue weighted by molar-refractivity contribution is 8.76. The van der Waals surface area contributed by atoms with Crippen LogP contribution in [-0.2, 0) is 33.4 Å². The third-order valence-electron chi connectivity index (χ3n) is 17.4. The standard InChI is InChI=1S/C60H101N11O14S3/c1-11-46-60(8,82)52(76)39(6)71(33-35(2)32-59(7,81)53(37(4)50(74)38(5)56(79)84-46)85-57-51(75)44(70(9)10)31-36(3)83-57)28-16-26-63-48(73)24-29-87-88-30-27-64-55(78)42(65-54(77)40-20-22-41(23-21-40)68-69-61)17-14-15-25-62-47(72)19-13-12-18-45-49-43(34-86-45)66-58(80)67-49/h20-23,35-39,42-46,49-53,57,74-76,81-82H,11-19,24-34H2,1-10H3,(H,62,72)(H,63,73)(H,64,78)(H,65,77)(H2,66,67,80)/t35-,36-,37+,38-,39-,42?,43?,44+,45?,46-,49?,50+,51-,52-,53-,57+,59-,60-/m1/s1. The molecule has 1 aromatic carbocycles. The average molecular weight is 1300 g/mol. The zero-order valence-corrected chi connectivity index (χ0v) is 55.5. The summed E-state index contributed by atoms with van der Waals surface area (Å²) < 4.78 is 18.6. The summed E-state index contributed by atoms with van der Waals surface area (Å²) in [6, 6.07) is 4.34. The highest BCUT2D eigenvalue weighted by atomic mass is 33.1. The number of unbranched alkanes of at least 4 members (excludes halogenated alkanes) is 2. The number of fused-ring (bicyclic) bond motifs is 1. The number of hydrogen-bond donors (Lipinski definition) is 11. The Morgan fingerprint density at radius 3 is 2.27 bits per heavy atom. The van der Waals surface area contributed by atoms with Crippen molar-refractivity contribution in [1.29, 1.82) is 0 Å². The third-order valence-corrected chi connectivity index (χ3v) is 21.4. The first-order valence-electron chi connectivity index (χ1n) is 31.3. The number of rotatable bonds is 29. The van der Waals surface area contributed by atoms with Crippen LogP contribution >= 0.6 is 33.3 Å². The molecule has 0 spiro atoms. The van der Waals surface area contributed by atoms with Gasteiger partial charge in [-0.1, -0.05) is 66.0 Å². The fourth-order valence-electron chi connectivity index (χ4n) is 12.4. The number of aliphatic hydroxyl groups excluding tert-OH is 3. The van der Waals surface area contributed by atoms with Crippen LogP contribution in [-0.4, -0.2) is 225 Å². The van der Waals surface area contributed by atoms with Gasteiger partial charge in [-0.3, -0.25) is 28.9 Å². The van der Waals surface area contributed by atoms with Gasteiger partial charge in [0.15, 0.2) is 6.29 Å². The Labute approximate surface area is 531 Å². The van der Waals surface area contributed by atoms with Crippen molar-refractivity contribution >= 4 is 74.7 Å². The highest BCUT2D eigenvalue weighted by Crippen LogP contribution is 2.38. The van der Waals surface area contributed by atoms with Crippen LogP contribution in [0.4, 0.5) is 10.5 Å². The van der Waals surface area contributed by atoms with Crippen LogP contribution in [0.25, 0.3) is 10.4 Å². The zero-order valence-electron chi connectivity index (χ0n) is 53.1. The summed E-state index contributed by atoms with van der Waals surface area (Å²) in [5.41, 5.74) is 5.82. The first-order chi connectivity index (χ1) is 41.7. The van der Waals surface area contributed by atoms with Gasteiger partial charge in [-0.2, -0.15) is 11.8 Å². The van der Waals surface area contributed by atoms with E-state index in [2.05, 4.69) is 41.9 Å². The van der Waals surface area contributed by atoms with Crippen molar-refractivity contribution in [2.75, 3.05) is 64.1 Å². The maximum atomic E-state index is 13.8. The minimum absolute atomic E-state index is 0.0490.